The lowest BCUT2D eigenvalue weighted by Crippen LogP contribution is -2.31. The Bertz CT molecular complexity index is 727. The highest BCUT2D eigenvalue weighted by Crippen LogP contribution is 2.30. The van der Waals surface area contributed by atoms with E-state index in [1.54, 1.807) is 6.07 Å². The number of hydrogen-bond acceptors (Lipinski definition) is 5. The first-order chi connectivity index (χ1) is 11.7. The van der Waals surface area contributed by atoms with Crippen molar-refractivity contribution in [2.75, 3.05) is 24.6 Å². The smallest absolute Gasteiger partial charge is 0.267 e. The molecular formula is C18H22N4O2. The van der Waals surface area contributed by atoms with E-state index in [4.69, 9.17) is 10.5 Å². The average molecular weight is 326 g/mol. The molecule has 3 rings (SSSR count). The van der Waals surface area contributed by atoms with E-state index in [1.807, 2.05) is 31.2 Å². The summed E-state index contributed by atoms with van der Waals surface area (Å²) in [5.74, 6) is 0.747. The molecule has 0 saturated carbocycles. The van der Waals surface area contributed by atoms with E-state index in [0.29, 0.717) is 18.2 Å². The van der Waals surface area contributed by atoms with Crippen LogP contribution in [0.25, 0.3) is 11.3 Å². The van der Waals surface area contributed by atoms with Crippen LogP contribution in [-0.2, 0) is 0 Å². The molecule has 1 aliphatic rings. The van der Waals surface area contributed by atoms with Gasteiger partial charge in [-0.1, -0.05) is 12.1 Å². The minimum absolute atomic E-state index is 0.229. The van der Waals surface area contributed by atoms with Crippen LogP contribution in [0.3, 0.4) is 0 Å². The zero-order valence-electron chi connectivity index (χ0n) is 13.9. The van der Waals surface area contributed by atoms with Crippen molar-refractivity contribution in [3.8, 4) is 17.0 Å². The summed E-state index contributed by atoms with van der Waals surface area (Å²) in [6, 6.07) is 9.29. The van der Waals surface area contributed by atoms with E-state index in [9.17, 15) is 4.79 Å². The van der Waals surface area contributed by atoms with Crippen LogP contribution >= 0.6 is 0 Å². The minimum atomic E-state index is -0.550. The van der Waals surface area contributed by atoms with Gasteiger partial charge in [0.2, 0.25) is 5.95 Å². The molecule has 1 amide bonds. The van der Waals surface area contributed by atoms with Gasteiger partial charge >= 0.3 is 0 Å². The molecule has 0 bridgehead atoms. The molecule has 0 unspecified atom stereocenters. The highest BCUT2D eigenvalue weighted by Gasteiger charge is 2.18. The monoisotopic (exact) mass is 326 g/mol. The molecule has 1 saturated heterocycles. The van der Waals surface area contributed by atoms with Gasteiger partial charge < -0.3 is 15.4 Å². The third kappa shape index (κ3) is 3.48. The Labute approximate surface area is 141 Å². The number of rotatable bonds is 5. The number of nitrogens with two attached hydrogens (primary N) is 1. The van der Waals surface area contributed by atoms with Gasteiger partial charge in [-0.25, -0.2) is 9.97 Å². The van der Waals surface area contributed by atoms with Gasteiger partial charge in [0, 0.05) is 18.7 Å². The summed E-state index contributed by atoms with van der Waals surface area (Å²) >= 11 is 0. The minimum Gasteiger partial charge on any atom is -0.493 e. The highest BCUT2D eigenvalue weighted by atomic mass is 16.5. The second-order valence-electron chi connectivity index (χ2n) is 5.78. The van der Waals surface area contributed by atoms with Crippen molar-refractivity contribution >= 4 is 11.9 Å². The maximum atomic E-state index is 11.7. The van der Waals surface area contributed by atoms with Crippen LogP contribution in [0.1, 0.15) is 36.7 Å². The Hall–Kier alpha value is -2.63. The van der Waals surface area contributed by atoms with Crippen LogP contribution in [0.2, 0.25) is 0 Å². The van der Waals surface area contributed by atoms with Crippen LogP contribution in [0.4, 0.5) is 5.95 Å². The molecule has 6 nitrogen and oxygen atoms in total. The van der Waals surface area contributed by atoms with Crippen molar-refractivity contribution in [2.45, 2.75) is 26.2 Å². The second-order valence-corrected chi connectivity index (χ2v) is 5.78. The third-order valence-electron chi connectivity index (χ3n) is 4.07. The zero-order chi connectivity index (χ0) is 16.9. The summed E-state index contributed by atoms with van der Waals surface area (Å²) in [4.78, 5) is 22.9. The molecule has 0 spiro atoms. The van der Waals surface area contributed by atoms with Gasteiger partial charge in [-0.15, -0.1) is 0 Å². The molecule has 1 aromatic heterocycles. The molecule has 0 radical (unpaired) electrons. The predicted molar refractivity (Wildman–Crippen MR) is 93.2 cm³/mol. The summed E-state index contributed by atoms with van der Waals surface area (Å²) in [5.41, 5.74) is 7.20. The number of amides is 1. The van der Waals surface area contributed by atoms with Crippen molar-refractivity contribution in [1.29, 1.82) is 0 Å². The second kappa shape index (κ2) is 7.29. The SMILES string of the molecule is CCOc1ccccc1-c1cc(C(N)=O)nc(N2CCCCC2)n1. The summed E-state index contributed by atoms with van der Waals surface area (Å²) in [6.07, 6.45) is 3.43. The summed E-state index contributed by atoms with van der Waals surface area (Å²) in [7, 11) is 0. The number of benzene rings is 1. The predicted octanol–water partition coefficient (Wildman–Crippen LogP) is 2.63. The molecule has 1 aromatic carbocycles. The van der Waals surface area contributed by atoms with E-state index < -0.39 is 5.91 Å². The van der Waals surface area contributed by atoms with Gasteiger partial charge in [-0.3, -0.25) is 4.79 Å². The highest BCUT2D eigenvalue weighted by molar-refractivity contribution is 5.92. The van der Waals surface area contributed by atoms with Crippen LogP contribution in [0.5, 0.6) is 5.75 Å². The molecule has 0 aliphatic carbocycles. The molecule has 1 aliphatic heterocycles. The van der Waals surface area contributed by atoms with Gasteiger partial charge in [-0.05, 0) is 44.4 Å². The fraction of sp³-hybridized carbons (Fsp3) is 0.389. The van der Waals surface area contributed by atoms with E-state index in [-0.39, 0.29) is 5.69 Å². The van der Waals surface area contributed by atoms with Gasteiger partial charge in [0.1, 0.15) is 11.4 Å². The Balaban J connectivity index is 2.07. The quantitative estimate of drug-likeness (QED) is 0.913. The van der Waals surface area contributed by atoms with E-state index >= 15 is 0 Å². The average Bonchev–Trinajstić information content (AvgIpc) is 2.63. The molecule has 126 valence electrons. The fourth-order valence-electron chi connectivity index (χ4n) is 2.89. The zero-order valence-corrected chi connectivity index (χ0v) is 13.9. The Kier molecular flexibility index (Phi) is 4.93. The Morgan fingerprint density at radius 1 is 1.21 bits per heavy atom. The third-order valence-corrected chi connectivity index (χ3v) is 4.07. The van der Waals surface area contributed by atoms with Crippen molar-refractivity contribution < 1.29 is 9.53 Å². The van der Waals surface area contributed by atoms with Crippen molar-refractivity contribution in [3.05, 3.63) is 36.0 Å². The Morgan fingerprint density at radius 3 is 2.67 bits per heavy atom. The topological polar surface area (TPSA) is 81.3 Å². The molecule has 6 heteroatoms. The van der Waals surface area contributed by atoms with Gasteiger partial charge in [0.15, 0.2) is 0 Å². The number of primary amides is 1. The first-order valence-corrected chi connectivity index (χ1v) is 8.35. The molecule has 24 heavy (non-hydrogen) atoms. The number of carbonyl (C=O) groups is 1. The maximum absolute atomic E-state index is 11.7. The number of ether oxygens (including phenoxy) is 1. The maximum Gasteiger partial charge on any atom is 0.267 e. The van der Waals surface area contributed by atoms with Crippen LogP contribution in [-0.4, -0.2) is 35.6 Å². The molecule has 1 fully saturated rings. The number of hydrogen-bond donors (Lipinski definition) is 1. The first-order valence-electron chi connectivity index (χ1n) is 8.35. The number of anilines is 1. The largest absolute Gasteiger partial charge is 0.493 e. The molecular weight excluding hydrogens is 304 g/mol. The van der Waals surface area contributed by atoms with Crippen LogP contribution in [0.15, 0.2) is 30.3 Å². The molecule has 2 N–H and O–H groups in total. The lowest BCUT2D eigenvalue weighted by Gasteiger charge is -2.27. The summed E-state index contributed by atoms with van der Waals surface area (Å²) in [5, 5.41) is 0. The number of nitrogens with zero attached hydrogens (tertiary/aromatic N) is 3. The van der Waals surface area contributed by atoms with E-state index in [1.165, 1.54) is 6.42 Å². The molecule has 0 atom stereocenters. The lowest BCUT2D eigenvalue weighted by molar-refractivity contribution is 0.0995. The van der Waals surface area contributed by atoms with E-state index in [0.717, 1.165) is 37.2 Å². The molecule has 2 aromatic rings. The summed E-state index contributed by atoms with van der Waals surface area (Å²) in [6.45, 7) is 4.29. The van der Waals surface area contributed by atoms with Gasteiger partial charge in [0.05, 0.1) is 12.3 Å². The standard InChI is InChI=1S/C18H22N4O2/c1-2-24-16-9-5-4-8-13(16)14-12-15(17(19)23)21-18(20-14)22-10-6-3-7-11-22/h4-5,8-9,12H,2-3,6-7,10-11H2,1H3,(H2,19,23). The van der Waals surface area contributed by atoms with Crippen molar-refractivity contribution in [3.63, 3.8) is 0 Å². The van der Waals surface area contributed by atoms with Crippen molar-refractivity contribution in [1.82, 2.24) is 9.97 Å². The Morgan fingerprint density at radius 2 is 1.96 bits per heavy atom. The molecule has 2 heterocycles. The number of piperidine rings is 1. The van der Waals surface area contributed by atoms with Crippen LogP contribution < -0.4 is 15.4 Å². The van der Waals surface area contributed by atoms with Crippen molar-refractivity contribution in [2.24, 2.45) is 5.73 Å². The number of carbonyl (C=O) groups excluding carboxylic acids is 1. The van der Waals surface area contributed by atoms with Gasteiger partial charge in [0.25, 0.3) is 5.91 Å². The first kappa shape index (κ1) is 16.2. The number of para-hydroxylation sites is 1. The lowest BCUT2D eigenvalue weighted by atomic mass is 10.1. The van der Waals surface area contributed by atoms with E-state index in [2.05, 4.69) is 14.9 Å². The number of aromatic nitrogens is 2. The van der Waals surface area contributed by atoms with Crippen LogP contribution in [0, 0.1) is 0 Å². The normalized spacial score (nSPS) is 14.5. The fourth-order valence-corrected chi connectivity index (χ4v) is 2.89. The summed E-state index contributed by atoms with van der Waals surface area (Å²) < 4.78 is 5.69. The van der Waals surface area contributed by atoms with Gasteiger partial charge in [-0.2, -0.15) is 0 Å².